The standard InChI is InChI=1S/C18H21NO4S/c1-12-6-4-7-14(10-12)23-9-5-8-15(20)19-16-11-13(2)17(24-16)18(21)22-3/h4,6-7,10-11H,5,8-9H2,1-3H3,(H,19,20). The lowest BCUT2D eigenvalue weighted by molar-refractivity contribution is -0.116. The minimum atomic E-state index is -0.385. The number of amides is 1. The molecule has 0 fully saturated rings. The van der Waals surface area contributed by atoms with Crippen molar-refractivity contribution in [2.75, 3.05) is 19.0 Å². The molecule has 0 saturated carbocycles. The van der Waals surface area contributed by atoms with Gasteiger partial charge in [0.15, 0.2) is 0 Å². The van der Waals surface area contributed by atoms with E-state index in [1.54, 1.807) is 6.07 Å². The molecule has 0 aliphatic rings. The van der Waals surface area contributed by atoms with E-state index < -0.39 is 0 Å². The normalized spacial score (nSPS) is 10.3. The average molecular weight is 347 g/mol. The lowest BCUT2D eigenvalue weighted by Gasteiger charge is -2.06. The van der Waals surface area contributed by atoms with E-state index in [-0.39, 0.29) is 11.9 Å². The summed E-state index contributed by atoms with van der Waals surface area (Å²) in [6, 6.07) is 9.58. The van der Waals surface area contributed by atoms with Crippen LogP contribution in [0, 0.1) is 13.8 Å². The third kappa shape index (κ3) is 5.09. The van der Waals surface area contributed by atoms with Crippen LogP contribution in [-0.2, 0) is 9.53 Å². The summed E-state index contributed by atoms with van der Waals surface area (Å²) in [5.41, 5.74) is 1.93. The fraction of sp³-hybridized carbons (Fsp3) is 0.333. The van der Waals surface area contributed by atoms with Gasteiger partial charge in [0.2, 0.25) is 5.91 Å². The fourth-order valence-corrected chi connectivity index (χ4v) is 3.17. The third-order valence-electron chi connectivity index (χ3n) is 3.36. The Morgan fingerprint density at radius 1 is 1.21 bits per heavy atom. The zero-order valence-corrected chi connectivity index (χ0v) is 14.9. The molecule has 0 atom stereocenters. The van der Waals surface area contributed by atoms with E-state index in [0.29, 0.717) is 29.3 Å². The molecule has 1 heterocycles. The van der Waals surface area contributed by atoms with E-state index in [2.05, 4.69) is 5.32 Å². The number of nitrogens with one attached hydrogen (secondary N) is 1. The van der Waals surface area contributed by atoms with E-state index in [0.717, 1.165) is 16.9 Å². The Morgan fingerprint density at radius 2 is 2.00 bits per heavy atom. The molecule has 2 rings (SSSR count). The summed E-state index contributed by atoms with van der Waals surface area (Å²) in [7, 11) is 1.34. The Labute approximate surface area is 145 Å². The number of thiophene rings is 1. The molecule has 6 heteroatoms. The number of hydrogen-bond donors (Lipinski definition) is 1. The molecule has 24 heavy (non-hydrogen) atoms. The van der Waals surface area contributed by atoms with Crippen LogP contribution < -0.4 is 10.1 Å². The van der Waals surface area contributed by atoms with Gasteiger partial charge in [0.1, 0.15) is 10.6 Å². The maximum absolute atomic E-state index is 12.0. The molecule has 0 saturated heterocycles. The lowest BCUT2D eigenvalue weighted by atomic mass is 10.2. The van der Waals surface area contributed by atoms with E-state index in [1.807, 2.05) is 38.1 Å². The number of ether oxygens (including phenoxy) is 2. The zero-order valence-electron chi connectivity index (χ0n) is 14.0. The quantitative estimate of drug-likeness (QED) is 0.608. The molecule has 128 valence electrons. The van der Waals surface area contributed by atoms with Crippen LogP contribution >= 0.6 is 11.3 Å². The molecule has 1 aromatic carbocycles. The van der Waals surface area contributed by atoms with Gasteiger partial charge in [-0.25, -0.2) is 4.79 Å². The van der Waals surface area contributed by atoms with Gasteiger partial charge in [-0.1, -0.05) is 12.1 Å². The van der Waals surface area contributed by atoms with Gasteiger partial charge in [-0.15, -0.1) is 11.3 Å². The number of esters is 1. The largest absolute Gasteiger partial charge is 0.494 e. The fourth-order valence-electron chi connectivity index (χ4n) is 2.17. The van der Waals surface area contributed by atoms with Crippen molar-refractivity contribution in [2.24, 2.45) is 0 Å². The number of carbonyl (C=O) groups excluding carboxylic acids is 2. The summed E-state index contributed by atoms with van der Waals surface area (Å²) in [5.74, 6) is 0.331. The molecule has 0 aliphatic heterocycles. The van der Waals surface area contributed by atoms with Gasteiger partial charge in [-0.3, -0.25) is 4.79 Å². The van der Waals surface area contributed by atoms with Crippen molar-refractivity contribution in [1.82, 2.24) is 0 Å². The summed E-state index contributed by atoms with van der Waals surface area (Å²) in [4.78, 5) is 24.0. The smallest absolute Gasteiger partial charge is 0.348 e. The zero-order chi connectivity index (χ0) is 17.5. The molecule has 5 nitrogen and oxygen atoms in total. The molecular formula is C18H21NO4S. The second-order valence-electron chi connectivity index (χ2n) is 5.43. The first-order valence-electron chi connectivity index (χ1n) is 7.67. The van der Waals surface area contributed by atoms with E-state index in [1.165, 1.54) is 18.4 Å². The van der Waals surface area contributed by atoms with Crippen molar-refractivity contribution in [2.45, 2.75) is 26.7 Å². The van der Waals surface area contributed by atoms with Crippen LogP contribution in [0.15, 0.2) is 30.3 Å². The molecule has 1 amide bonds. The number of methoxy groups -OCH3 is 1. The summed E-state index contributed by atoms with van der Waals surface area (Å²) < 4.78 is 10.3. The van der Waals surface area contributed by atoms with E-state index >= 15 is 0 Å². The molecule has 0 radical (unpaired) electrons. The summed E-state index contributed by atoms with van der Waals surface area (Å²) >= 11 is 1.22. The van der Waals surface area contributed by atoms with Gasteiger partial charge in [-0.2, -0.15) is 0 Å². The van der Waals surface area contributed by atoms with Crippen molar-refractivity contribution in [3.63, 3.8) is 0 Å². The van der Waals surface area contributed by atoms with Crippen molar-refractivity contribution in [3.05, 3.63) is 46.3 Å². The Kier molecular flexibility index (Phi) is 6.37. The Bertz CT molecular complexity index is 724. The number of rotatable bonds is 7. The van der Waals surface area contributed by atoms with Crippen LogP contribution in [0.1, 0.15) is 33.6 Å². The highest BCUT2D eigenvalue weighted by Crippen LogP contribution is 2.27. The van der Waals surface area contributed by atoms with Crippen molar-refractivity contribution in [3.8, 4) is 5.75 Å². The van der Waals surface area contributed by atoms with Gasteiger partial charge >= 0.3 is 5.97 Å². The van der Waals surface area contributed by atoms with E-state index in [4.69, 9.17) is 9.47 Å². The molecule has 1 aromatic heterocycles. The Hall–Kier alpha value is -2.34. The number of carbonyl (C=O) groups is 2. The molecular weight excluding hydrogens is 326 g/mol. The average Bonchev–Trinajstić information content (AvgIpc) is 2.91. The topological polar surface area (TPSA) is 64.6 Å². The second-order valence-corrected chi connectivity index (χ2v) is 6.48. The Balaban J connectivity index is 1.76. The lowest BCUT2D eigenvalue weighted by Crippen LogP contribution is -2.12. The predicted molar refractivity (Wildman–Crippen MR) is 94.9 cm³/mol. The maximum atomic E-state index is 12.0. The van der Waals surface area contributed by atoms with Gasteiger partial charge in [-0.05, 0) is 49.6 Å². The molecule has 1 N–H and O–H groups in total. The first-order chi connectivity index (χ1) is 11.5. The van der Waals surface area contributed by atoms with Crippen LogP contribution in [0.5, 0.6) is 5.75 Å². The van der Waals surface area contributed by atoms with Crippen molar-refractivity contribution in [1.29, 1.82) is 0 Å². The summed E-state index contributed by atoms with van der Waals surface area (Å²) in [6.07, 6.45) is 0.977. The van der Waals surface area contributed by atoms with Crippen molar-refractivity contribution < 1.29 is 19.1 Å². The number of anilines is 1. The van der Waals surface area contributed by atoms with Crippen LogP contribution in [0.25, 0.3) is 0 Å². The second kappa shape index (κ2) is 8.49. The SMILES string of the molecule is COC(=O)c1sc(NC(=O)CCCOc2cccc(C)c2)cc1C. The predicted octanol–water partition coefficient (Wildman–Crippen LogP) is 3.95. The molecule has 0 unspecified atom stereocenters. The van der Waals surface area contributed by atoms with Gasteiger partial charge in [0, 0.05) is 6.42 Å². The maximum Gasteiger partial charge on any atom is 0.348 e. The van der Waals surface area contributed by atoms with Crippen LogP contribution in [-0.4, -0.2) is 25.6 Å². The highest BCUT2D eigenvalue weighted by molar-refractivity contribution is 7.18. The van der Waals surface area contributed by atoms with Crippen molar-refractivity contribution >= 4 is 28.2 Å². The highest BCUT2D eigenvalue weighted by Gasteiger charge is 2.15. The first-order valence-corrected chi connectivity index (χ1v) is 8.49. The first kappa shape index (κ1) is 18.0. The minimum Gasteiger partial charge on any atom is -0.494 e. The molecule has 0 aliphatic carbocycles. The molecule has 0 bridgehead atoms. The number of aryl methyl sites for hydroxylation is 2. The Morgan fingerprint density at radius 3 is 2.71 bits per heavy atom. The van der Waals surface area contributed by atoms with Gasteiger partial charge in [0.25, 0.3) is 0 Å². The molecule has 0 spiro atoms. The number of hydrogen-bond acceptors (Lipinski definition) is 5. The van der Waals surface area contributed by atoms with Gasteiger partial charge in [0.05, 0.1) is 18.7 Å². The third-order valence-corrected chi connectivity index (χ3v) is 4.49. The molecule has 2 aromatic rings. The van der Waals surface area contributed by atoms with Crippen LogP contribution in [0.2, 0.25) is 0 Å². The number of benzene rings is 1. The van der Waals surface area contributed by atoms with E-state index in [9.17, 15) is 9.59 Å². The summed E-state index contributed by atoms with van der Waals surface area (Å²) in [5, 5.41) is 3.46. The van der Waals surface area contributed by atoms with Crippen LogP contribution in [0.3, 0.4) is 0 Å². The summed E-state index contributed by atoms with van der Waals surface area (Å²) in [6.45, 7) is 4.30. The highest BCUT2D eigenvalue weighted by atomic mass is 32.1. The minimum absolute atomic E-state index is 0.0968. The monoisotopic (exact) mass is 347 g/mol. The van der Waals surface area contributed by atoms with Gasteiger partial charge < -0.3 is 14.8 Å². The van der Waals surface area contributed by atoms with Crippen LogP contribution in [0.4, 0.5) is 5.00 Å².